The molecule has 0 spiro atoms. The molecule has 6 heteroatoms. The number of nitrogens with zero attached hydrogens (tertiary/aromatic N) is 1. The predicted molar refractivity (Wildman–Crippen MR) is 66.4 cm³/mol. The van der Waals surface area contributed by atoms with Crippen LogP contribution in [0.2, 0.25) is 0 Å². The van der Waals surface area contributed by atoms with Crippen molar-refractivity contribution in [3.8, 4) is 0 Å². The molecule has 3 nitrogen and oxygen atoms in total. The second kappa shape index (κ2) is 6.56. The zero-order chi connectivity index (χ0) is 14.5. The standard InChI is InChI=1S/C13H17F3N2O/c1-18(8-7-13(14,15)16)12(19)11(17)9-10-5-3-2-4-6-10/h2-6,11H,7-9,17H2,1H3. The van der Waals surface area contributed by atoms with Gasteiger partial charge in [0.1, 0.15) is 0 Å². The fourth-order valence-electron chi connectivity index (χ4n) is 1.64. The molecule has 0 aliphatic carbocycles. The van der Waals surface area contributed by atoms with E-state index in [1.807, 2.05) is 30.3 Å². The lowest BCUT2D eigenvalue weighted by Crippen LogP contribution is -2.44. The van der Waals surface area contributed by atoms with E-state index >= 15 is 0 Å². The van der Waals surface area contributed by atoms with Gasteiger partial charge in [-0.05, 0) is 12.0 Å². The van der Waals surface area contributed by atoms with E-state index in [0.29, 0.717) is 6.42 Å². The summed E-state index contributed by atoms with van der Waals surface area (Å²) in [4.78, 5) is 12.8. The number of halogens is 3. The number of rotatable bonds is 5. The van der Waals surface area contributed by atoms with Gasteiger partial charge in [-0.1, -0.05) is 30.3 Å². The lowest BCUT2D eigenvalue weighted by atomic mass is 10.1. The molecule has 0 fully saturated rings. The van der Waals surface area contributed by atoms with Gasteiger partial charge in [0.2, 0.25) is 5.91 Å². The first-order chi connectivity index (χ1) is 8.79. The van der Waals surface area contributed by atoms with E-state index in [4.69, 9.17) is 5.73 Å². The Hall–Kier alpha value is -1.56. The Morgan fingerprint density at radius 2 is 1.89 bits per heavy atom. The van der Waals surface area contributed by atoms with Crippen molar-refractivity contribution in [2.24, 2.45) is 5.73 Å². The molecule has 1 atom stereocenters. The van der Waals surface area contributed by atoms with Crippen LogP contribution in [-0.2, 0) is 11.2 Å². The zero-order valence-corrected chi connectivity index (χ0v) is 10.7. The van der Waals surface area contributed by atoms with Gasteiger partial charge in [-0.25, -0.2) is 0 Å². The minimum absolute atomic E-state index is 0.316. The second-order valence-electron chi connectivity index (χ2n) is 4.42. The van der Waals surface area contributed by atoms with E-state index < -0.39 is 24.5 Å². The van der Waals surface area contributed by atoms with E-state index in [9.17, 15) is 18.0 Å². The SMILES string of the molecule is CN(CCC(F)(F)F)C(=O)C(N)Cc1ccccc1. The number of benzene rings is 1. The number of carbonyl (C=O) groups is 1. The van der Waals surface area contributed by atoms with E-state index in [2.05, 4.69) is 0 Å². The third kappa shape index (κ3) is 5.74. The Bertz CT molecular complexity index is 406. The van der Waals surface area contributed by atoms with Gasteiger partial charge in [0.15, 0.2) is 0 Å². The molecule has 0 radical (unpaired) electrons. The quantitative estimate of drug-likeness (QED) is 0.892. The molecule has 0 aromatic heterocycles. The molecule has 0 heterocycles. The minimum atomic E-state index is -4.27. The Labute approximate surface area is 110 Å². The van der Waals surface area contributed by atoms with E-state index in [1.54, 1.807) is 0 Å². The van der Waals surface area contributed by atoms with Gasteiger partial charge in [-0.2, -0.15) is 13.2 Å². The lowest BCUT2D eigenvalue weighted by molar-refractivity contribution is -0.144. The van der Waals surface area contributed by atoms with Gasteiger partial charge >= 0.3 is 6.18 Å². The van der Waals surface area contributed by atoms with Gasteiger partial charge < -0.3 is 10.6 Å². The summed E-state index contributed by atoms with van der Waals surface area (Å²) in [5.74, 6) is -0.479. The average Bonchev–Trinajstić information content (AvgIpc) is 2.35. The molecular weight excluding hydrogens is 257 g/mol. The predicted octanol–water partition coefficient (Wildman–Crippen LogP) is 1.97. The van der Waals surface area contributed by atoms with Crippen molar-refractivity contribution in [2.75, 3.05) is 13.6 Å². The van der Waals surface area contributed by atoms with Gasteiger partial charge in [0, 0.05) is 13.6 Å². The van der Waals surface area contributed by atoms with Crippen LogP contribution in [0.3, 0.4) is 0 Å². The fraction of sp³-hybridized carbons (Fsp3) is 0.462. The maximum atomic E-state index is 12.1. The molecule has 1 aromatic rings. The number of nitrogens with two attached hydrogens (primary N) is 1. The van der Waals surface area contributed by atoms with Crippen LogP contribution in [0.4, 0.5) is 13.2 Å². The van der Waals surface area contributed by atoms with Crippen LogP contribution in [0, 0.1) is 0 Å². The number of hydrogen-bond acceptors (Lipinski definition) is 2. The molecule has 2 N–H and O–H groups in total. The van der Waals surface area contributed by atoms with Gasteiger partial charge in [0.05, 0.1) is 12.5 Å². The highest BCUT2D eigenvalue weighted by atomic mass is 19.4. The van der Waals surface area contributed by atoms with E-state index in [1.165, 1.54) is 7.05 Å². The highest BCUT2D eigenvalue weighted by molar-refractivity contribution is 5.81. The smallest absolute Gasteiger partial charge is 0.344 e. The normalized spacial score (nSPS) is 13.1. The molecule has 106 valence electrons. The topological polar surface area (TPSA) is 46.3 Å². The monoisotopic (exact) mass is 274 g/mol. The second-order valence-corrected chi connectivity index (χ2v) is 4.42. The Balaban J connectivity index is 2.48. The van der Waals surface area contributed by atoms with Crippen LogP contribution in [0.25, 0.3) is 0 Å². The van der Waals surface area contributed by atoms with E-state index in [-0.39, 0.29) is 6.54 Å². The third-order valence-corrected chi connectivity index (χ3v) is 2.72. The molecule has 0 aliphatic heterocycles. The van der Waals surface area contributed by atoms with Crippen molar-refractivity contribution >= 4 is 5.91 Å². The summed E-state index contributed by atoms with van der Waals surface area (Å²) in [7, 11) is 1.33. The van der Waals surface area contributed by atoms with Crippen LogP contribution >= 0.6 is 0 Å². The molecule has 1 amide bonds. The van der Waals surface area contributed by atoms with Crippen LogP contribution in [0.1, 0.15) is 12.0 Å². The number of alkyl halides is 3. The number of carbonyl (C=O) groups excluding carboxylic acids is 1. The molecule has 1 aromatic carbocycles. The maximum Gasteiger partial charge on any atom is 0.390 e. The minimum Gasteiger partial charge on any atom is -0.344 e. The van der Waals surface area contributed by atoms with Gasteiger partial charge in [-0.3, -0.25) is 4.79 Å². The number of hydrogen-bond donors (Lipinski definition) is 1. The Morgan fingerprint density at radius 1 is 1.32 bits per heavy atom. The molecule has 19 heavy (non-hydrogen) atoms. The lowest BCUT2D eigenvalue weighted by Gasteiger charge is -2.22. The summed E-state index contributed by atoms with van der Waals surface area (Å²) in [5, 5.41) is 0. The summed E-state index contributed by atoms with van der Waals surface area (Å²) in [6.45, 7) is -0.370. The van der Waals surface area contributed by atoms with Crippen LogP contribution in [-0.4, -0.2) is 36.6 Å². The van der Waals surface area contributed by atoms with Crippen LogP contribution < -0.4 is 5.73 Å². The van der Waals surface area contributed by atoms with E-state index in [0.717, 1.165) is 10.5 Å². The van der Waals surface area contributed by atoms with Crippen molar-refractivity contribution in [3.63, 3.8) is 0 Å². The summed E-state index contributed by atoms with van der Waals surface area (Å²) in [6.07, 6.45) is -4.97. The maximum absolute atomic E-state index is 12.1. The molecule has 1 unspecified atom stereocenters. The molecule has 0 bridgehead atoms. The van der Waals surface area contributed by atoms with Crippen molar-refractivity contribution < 1.29 is 18.0 Å². The van der Waals surface area contributed by atoms with Gasteiger partial charge in [0.25, 0.3) is 0 Å². The summed E-state index contributed by atoms with van der Waals surface area (Å²) in [6, 6.07) is 8.30. The average molecular weight is 274 g/mol. The largest absolute Gasteiger partial charge is 0.390 e. The molecule has 0 aliphatic rings. The summed E-state index contributed by atoms with van der Waals surface area (Å²) < 4.78 is 36.2. The van der Waals surface area contributed by atoms with Crippen molar-refractivity contribution in [1.82, 2.24) is 4.90 Å². The van der Waals surface area contributed by atoms with Crippen molar-refractivity contribution in [2.45, 2.75) is 25.1 Å². The molecule has 1 rings (SSSR count). The first-order valence-electron chi connectivity index (χ1n) is 5.91. The Morgan fingerprint density at radius 3 is 2.42 bits per heavy atom. The van der Waals surface area contributed by atoms with Crippen molar-refractivity contribution in [3.05, 3.63) is 35.9 Å². The fourth-order valence-corrected chi connectivity index (χ4v) is 1.64. The molecule has 0 saturated carbocycles. The third-order valence-electron chi connectivity index (χ3n) is 2.72. The van der Waals surface area contributed by atoms with Crippen molar-refractivity contribution in [1.29, 1.82) is 0 Å². The zero-order valence-electron chi connectivity index (χ0n) is 10.7. The van der Waals surface area contributed by atoms with Crippen LogP contribution in [0.5, 0.6) is 0 Å². The number of likely N-dealkylation sites (N-methyl/N-ethyl adjacent to an activating group) is 1. The van der Waals surface area contributed by atoms with Crippen LogP contribution in [0.15, 0.2) is 30.3 Å². The highest BCUT2D eigenvalue weighted by Gasteiger charge is 2.29. The molecule has 0 saturated heterocycles. The first kappa shape index (κ1) is 15.5. The van der Waals surface area contributed by atoms with Gasteiger partial charge in [-0.15, -0.1) is 0 Å². The highest BCUT2D eigenvalue weighted by Crippen LogP contribution is 2.19. The first-order valence-corrected chi connectivity index (χ1v) is 5.91. The summed E-state index contributed by atoms with van der Waals surface area (Å²) in [5.41, 5.74) is 6.60. The summed E-state index contributed by atoms with van der Waals surface area (Å²) >= 11 is 0. The molecular formula is C13H17F3N2O. The Kier molecular flexibility index (Phi) is 5.35. The number of amides is 1.